The minimum Gasteiger partial charge on any atom is -0.391 e. The lowest BCUT2D eigenvalue weighted by atomic mass is 10.1. The molecule has 0 spiro atoms. The van der Waals surface area contributed by atoms with Crippen LogP contribution in [0.1, 0.15) is 13.3 Å². The van der Waals surface area contributed by atoms with Crippen LogP contribution in [0.25, 0.3) is 0 Å². The number of aliphatic hydroxyl groups excluding tert-OH is 2. The minimum absolute atomic E-state index is 0.241. The molecule has 60 valence electrons. The highest BCUT2D eigenvalue weighted by Crippen LogP contribution is 2.19. The van der Waals surface area contributed by atoms with E-state index in [0.717, 1.165) is 0 Å². The smallest absolute Gasteiger partial charge is 0.156 e. The lowest BCUT2D eigenvalue weighted by Gasteiger charge is -2.16. The molecular formula is C6H13NO3. The normalized spacial score (nSPS) is 43.8. The quantitative estimate of drug-likeness (QED) is 0.435. The van der Waals surface area contributed by atoms with Gasteiger partial charge in [0.15, 0.2) is 6.29 Å². The fraction of sp³-hybridized carbons (Fsp3) is 1.00. The molecule has 1 aliphatic rings. The number of hydrogen-bond donors (Lipinski definition) is 3. The zero-order chi connectivity index (χ0) is 7.72. The topological polar surface area (TPSA) is 75.7 Å². The van der Waals surface area contributed by atoms with Gasteiger partial charge in [-0.1, -0.05) is 0 Å². The minimum atomic E-state index is -0.797. The highest BCUT2D eigenvalue weighted by atomic mass is 16.6. The summed E-state index contributed by atoms with van der Waals surface area (Å²) in [6.45, 7) is 1.60. The van der Waals surface area contributed by atoms with Crippen LogP contribution in [0, 0.1) is 0 Å². The van der Waals surface area contributed by atoms with Crippen molar-refractivity contribution in [1.82, 2.24) is 0 Å². The van der Waals surface area contributed by atoms with Crippen molar-refractivity contribution >= 4 is 0 Å². The molecule has 0 aromatic rings. The number of ether oxygens (including phenoxy) is 1. The van der Waals surface area contributed by atoms with Crippen LogP contribution in [0.3, 0.4) is 0 Å². The number of rotatable bonds is 1. The molecule has 0 saturated carbocycles. The first kappa shape index (κ1) is 7.94. The average Bonchev–Trinajstić information content (AvgIpc) is 2.10. The van der Waals surface area contributed by atoms with Gasteiger partial charge in [-0.25, -0.2) is 0 Å². The summed E-state index contributed by atoms with van der Waals surface area (Å²) in [5.74, 6) is 0. The Kier molecular flexibility index (Phi) is 2.25. The van der Waals surface area contributed by atoms with Gasteiger partial charge in [0.1, 0.15) is 6.10 Å². The molecule has 1 aliphatic heterocycles. The fourth-order valence-corrected chi connectivity index (χ4v) is 1.18. The Morgan fingerprint density at radius 3 is 2.50 bits per heavy atom. The predicted molar refractivity (Wildman–Crippen MR) is 35.2 cm³/mol. The Hall–Kier alpha value is -0.160. The van der Waals surface area contributed by atoms with E-state index in [2.05, 4.69) is 0 Å². The molecule has 1 rings (SSSR count). The van der Waals surface area contributed by atoms with Crippen LogP contribution in [-0.2, 0) is 4.74 Å². The highest BCUT2D eigenvalue weighted by molar-refractivity contribution is 4.84. The van der Waals surface area contributed by atoms with E-state index in [-0.39, 0.29) is 6.04 Å². The van der Waals surface area contributed by atoms with Gasteiger partial charge in [-0.15, -0.1) is 0 Å². The fourth-order valence-electron chi connectivity index (χ4n) is 1.18. The van der Waals surface area contributed by atoms with E-state index in [1.165, 1.54) is 0 Å². The molecule has 1 heterocycles. The first-order valence-electron chi connectivity index (χ1n) is 3.38. The van der Waals surface area contributed by atoms with E-state index in [1.54, 1.807) is 6.92 Å². The summed E-state index contributed by atoms with van der Waals surface area (Å²) in [5, 5.41) is 17.9. The summed E-state index contributed by atoms with van der Waals surface area (Å²) < 4.78 is 4.92. The van der Waals surface area contributed by atoms with Gasteiger partial charge in [0, 0.05) is 12.5 Å². The summed E-state index contributed by atoms with van der Waals surface area (Å²) in [6.07, 6.45) is -1.40. The zero-order valence-electron chi connectivity index (χ0n) is 5.90. The Morgan fingerprint density at radius 1 is 1.70 bits per heavy atom. The van der Waals surface area contributed by atoms with Crippen molar-refractivity contribution < 1.29 is 14.9 Å². The van der Waals surface area contributed by atoms with E-state index in [1.807, 2.05) is 0 Å². The van der Waals surface area contributed by atoms with Gasteiger partial charge in [-0.3, -0.25) is 0 Å². The number of hydrogen-bond acceptors (Lipinski definition) is 4. The maximum atomic E-state index is 9.02. The van der Waals surface area contributed by atoms with Crippen molar-refractivity contribution in [3.05, 3.63) is 0 Å². The lowest BCUT2D eigenvalue weighted by molar-refractivity contribution is -0.118. The number of nitrogens with two attached hydrogens (primary N) is 1. The van der Waals surface area contributed by atoms with E-state index in [4.69, 9.17) is 20.7 Å². The highest BCUT2D eigenvalue weighted by Gasteiger charge is 2.34. The molecule has 0 radical (unpaired) electrons. The van der Waals surface area contributed by atoms with Crippen molar-refractivity contribution in [2.75, 3.05) is 0 Å². The van der Waals surface area contributed by atoms with Crippen molar-refractivity contribution in [3.63, 3.8) is 0 Å². The Labute approximate surface area is 59.6 Å². The predicted octanol–water partition coefficient (Wildman–Crippen LogP) is -1.20. The van der Waals surface area contributed by atoms with Gasteiger partial charge in [0.05, 0.1) is 6.10 Å². The van der Waals surface area contributed by atoms with Gasteiger partial charge in [-0.05, 0) is 6.92 Å². The maximum absolute atomic E-state index is 9.02. The molecule has 0 unspecified atom stereocenters. The third kappa shape index (κ3) is 1.46. The molecule has 0 aliphatic carbocycles. The van der Waals surface area contributed by atoms with Crippen molar-refractivity contribution in [2.24, 2.45) is 5.73 Å². The summed E-state index contributed by atoms with van der Waals surface area (Å²) in [4.78, 5) is 0. The molecule has 1 saturated heterocycles. The molecule has 10 heavy (non-hydrogen) atoms. The molecule has 0 aromatic heterocycles. The molecule has 0 bridgehead atoms. The van der Waals surface area contributed by atoms with Crippen LogP contribution in [0.2, 0.25) is 0 Å². The third-order valence-electron chi connectivity index (χ3n) is 1.69. The Bertz CT molecular complexity index is 118. The molecule has 4 heteroatoms. The summed E-state index contributed by atoms with van der Waals surface area (Å²) >= 11 is 0. The Morgan fingerprint density at radius 2 is 2.30 bits per heavy atom. The second-order valence-corrected chi connectivity index (χ2v) is 2.70. The van der Waals surface area contributed by atoms with Crippen LogP contribution in [-0.4, -0.2) is 34.8 Å². The van der Waals surface area contributed by atoms with Gasteiger partial charge < -0.3 is 20.7 Å². The molecule has 0 amide bonds. The van der Waals surface area contributed by atoms with Gasteiger partial charge in [0.25, 0.3) is 0 Å². The van der Waals surface area contributed by atoms with Gasteiger partial charge >= 0.3 is 0 Å². The second kappa shape index (κ2) is 2.84. The van der Waals surface area contributed by atoms with Crippen molar-refractivity contribution in [2.45, 2.75) is 37.9 Å². The van der Waals surface area contributed by atoms with Gasteiger partial charge in [-0.2, -0.15) is 0 Å². The Balaban J connectivity index is 2.46. The molecule has 1 fully saturated rings. The van der Waals surface area contributed by atoms with Crippen LogP contribution in [0.4, 0.5) is 0 Å². The summed E-state index contributed by atoms with van der Waals surface area (Å²) in [6, 6.07) is -0.241. The SMILES string of the molecule is C[C@@H](O)[C@@H]1O[C@@H](O)C[C@H]1N. The van der Waals surface area contributed by atoms with Crippen LogP contribution < -0.4 is 5.73 Å². The second-order valence-electron chi connectivity index (χ2n) is 2.70. The molecule has 4 nitrogen and oxygen atoms in total. The van der Waals surface area contributed by atoms with Crippen molar-refractivity contribution in [1.29, 1.82) is 0 Å². The largest absolute Gasteiger partial charge is 0.391 e. The van der Waals surface area contributed by atoms with E-state index < -0.39 is 18.5 Å². The van der Waals surface area contributed by atoms with Gasteiger partial charge in [0.2, 0.25) is 0 Å². The summed E-state index contributed by atoms with van der Waals surface area (Å²) in [7, 11) is 0. The molecule has 4 atom stereocenters. The number of aliphatic hydroxyl groups is 2. The maximum Gasteiger partial charge on any atom is 0.156 e. The van der Waals surface area contributed by atoms with E-state index >= 15 is 0 Å². The standard InChI is InChI=1S/C6H13NO3/c1-3(8)6-4(7)2-5(9)10-6/h3-6,8-9H,2,7H2,1H3/t3-,4-,5-,6+/m1/s1. The van der Waals surface area contributed by atoms with Crippen molar-refractivity contribution in [3.8, 4) is 0 Å². The third-order valence-corrected chi connectivity index (χ3v) is 1.69. The summed E-state index contributed by atoms with van der Waals surface area (Å²) in [5.41, 5.74) is 5.53. The van der Waals surface area contributed by atoms with Crippen LogP contribution >= 0.6 is 0 Å². The monoisotopic (exact) mass is 147 g/mol. The lowest BCUT2D eigenvalue weighted by Crippen LogP contribution is -2.38. The first-order chi connectivity index (χ1) is 4.61. The van der Waals surface area contributed by atoms with Crippen LogP contribution in [0.15, 0.2) is 0 Å². The van der Waals surface area contributed by atoms with E-state index in [9.17, 15) is 0 Å². The molecular weight excluding hydrogens is 134 g/mol. The molecule has 0 aromatic carbocycles. The first-order valence-corrected chi connectivity index (χ1v) is 3.38. The average molecular weight is 147 g/mol. The van der Waals surface area contributed by atoms with E-state index in [0.29, 0.717) is 6.42 Å². The zero-order valence-corrected chi connectivity index (χ0v) is 5.90. The molecule has 4 N–H and O–H groups in total. The van der Waals surface area contributed by atoms with Crippen LogP contribution in [0.5, 0.6) is 0 Å².